The van der Waals surface area contributed by atoms with E-state index in [2.05, 4.69) is 5.32 Å². The fourth-order valence-corrected chi connectivity index (χ4v) is 2.54. The number of carbonyl (C=O) groups excluding carboxylic acids is 1. The number of carboxylic acid groups (broad SMARTS) is 1. The Labute approximate surface area is 124 Å². The molecule has 0 atom stereocenters. The number of carbonyl (C=O) groups is 2. The van der Waals surface area contributed by atoms with Crippen molar-refractivity contribution in [3.63, 3.8) is 0 Å². The molecule has 1 rings (SSSR count). The average molecular weight is 313 g/mol. The van der Waals surface area contributed by atoms with Crippen LogP contribution in [0.15, 0.2) is 17.0 Å². The Morgan fingerprint density at radius 3 is 2.38 bits per heavy atom. The van der Waals surface area contributed by atoms with E-state index in [4.69, 9.17) is 5.11 Å². The van der Waals surface area contributed by atoms with E-state index in [9.17, 15) is 18.0 Å². The smallest absolute Gasteiger partial charge is 0.303 e. The van der Waals surface area contributed by atoms with Crippen LogP contribution in [0, 0.1) is 13.8 Å². The molecule has 2 N–H and O–H groups in total. The van der Waals surface area contributed by atoms with E-state index in [0.717, 1.165) is 6.26 Å². The first-order chi connectivity index (χ1) is 9.62. The van der Waals surface area contributed by atoms with Gasteiger partial charge in [0.15, 0.2) is 9.84 Å². The van der Waals surface area contributed by atoms with E-state index in [0.29, 0.717) is 23.1 Å². The van der Waals surface area contributed by atoms with Gasteiger partial charge in [-0.25, -0.2) is 8.42 Å². The van der Waals surface area contributed by atoms with Crippen LogP contribution in [0.5, 0.6) is 0 Å². The van der Waals surface area contributed by atoms with E-state index in [1.165, 1.54) is 12.1 Å². The average Bonchev–Trinajstić information content (AvgIpc) is 2.35. The molecule has 0 aliphatic carbocycles. The highest BCUT2D eigenvalue weighted by molar-refractivity contribution is 7.90. The third-order valence-corrected chi connectivity index (χ3v) is 4.26. The van der Waals surface area contributed by atoms with Crippen molar-refractivity contribution in [2.45, 2.75) is 31.6 Å². The third-order valence-electron chi connectivity index (χ3n) is 3.17. The zero-order valence-corrected chi connectivity index (χ0v) is 13.1. The van der Waals surface area contributed by atoms with Crippen molar-refractivity contribution in [3.8, 4) is 0 Å². The van der Waals surface area contributed by atoms with Crippen molar-refractivity contribution in [1.29, 1.82) is 0 Å². The van der Waals surface area contributed by atoms with Gasteiger partial charge in [0, 0.05) is 24.8 Å². The van der Waals surface area contributed by atoms with Crippen molar-refractivity contribution in [2.24, 2.45) is 0 Å². The highest BCUT2D eigenvalue weighted by Crippen LogP contribution is 2.20. The summed E-state index contributed by atoms with van der Waals surface area (Å²) < 4.78 is 23.2. The summed E-state index contributed by atoms with van der Waals surface area (Å²) in [6, 6.07) is 2.88. The molecule has 0 saturated heterocycles. The Kier molecular flexibility index (Phi) is 5.48. The van der Waals surface area contributed by atoms with Gasteiger partial charge in [0.25, 0.3) is 5.91 Å². The lowest BCUT2D eigenvalue weighted by molar-refractivity contribution is -0.137. The third kappa shape index (κ3) is 4.86. The fraction of sp³-hybridized carbons (Fsp3) is 0.429. The lowest BCUT2D eigenvalue weighted by Crippen LogP contribution is -2.26. The first-order valence-electron chi connectivity index (χ1n) is 6.44. The molecule has 7 heteroatoms. The van der Waals surface area contributed by atoms with Gasteiger partial charge < -0.3 is 10.4 Å². The Hall–Kier alpha value is -1.89. The molecular weight excluding hydrogens is 294 g/mol. The maximum Gasteiger partial charge on any atom is 0.303 e. The molecule has 1 aromatic rings. The molecule has 0 heterocycles. The molecule has 0 aliphatic rings. The van der Waals surface area contributed by atoms with Crippen LogP contribution in [0.3, 0.4) is 0 Å². The van der Waals surface area contributed by atoms with Crippen molar-refractivity contribution in [3.05, 3.63) is 28.8 Å². The van der Waals surface area contributed by atoms with Gasteiger partial charge >= 0.3 is 5.97 Å². The maximum atomic E-state index is 12.1. The molecule has 6 nitrogen and oxygen atoms in total. The van der Waals surface area contributed by atoms with Gasteiger partial charge in [-0.3, -0.25) is 9.59 Å². The van der Waals surface area contributed by atoms with Crippen LogP contribution in [0.25, 0.3) is 0 Å². The Balaban J connectivity index is 2.93. The minimum atomic E-state index is -3.39. The van der Waals surface area contributed by atoms with Gasteiger partial charge in [-0.15, -0.1) is 0 Å². The quantitative estimate of drug-likeness (QED) is 0.771. The number of hydrogen-bond donors (Lipinski definition) is 2. The summed E-state index contributed by atoms with van der Waals surface area (Å²) in [5.74, 6) is -1.32. The molecule has 0 saturated carbocycles. The van der Waals surface area contributed by atoms with E-state index in [1.54, 1.807) is 13.8 Å². The Morgan fingerprint density at radius 2 is 1.86 bits per heavy atom. The number of sulfone groups is 1. The second kappa shape index (κ2) is 6.71. The van der Waals surface area contributed by atoms with Crippen LogP contribution in [0.1, 0.15) is 34.3 Å². The van der Waals surface area contributed by atoms with Crippen LogP contribution < -0.4 is 5.32 Å². The molecule has 0 aliphatic heterocycles. The molecule has 0 spiro atoms. The number of hydrogen-bond acceptors (Lipinski definition) is 4. The maximum absolute atomic E-state index is 12.1. The Morgan fingerprint density at radius 1 is 1.24 bits per heavy atom. The normalized spacial score (nSPS) is 11.2. The van der Waals surface area contributed by atoms with Crippen LogP contribution in [0.2, 0.25) is 0 Å². The minimum absolute atomic E-state index is 0.0261. The van der Waals surface area contributed by atoms with Crippen molar-refractivity contribution < 1.29 is 23.1 Å². The van der Waals surface area contributed by atoms with Gasteiger partial charge in [0.2, 0.25) is 0 Å². The summed E-state index contributed by atoms with van der Waals surface area (Å²) in [7, 11) is -3.39. The molecule has 0 aromatic heterocycles. The number of amides is 1. The molecule has 21 heavy (non-hydrogen) atoms. The second-order valence-corrected chi connectivity index (χ2v) is 6.95. The zero-order valence-electron chi connectivity index (χ0n) is 12.3. The van der Waals surface area contributed by atoms with Crippen molar-refractivity contribution in [2.75, 3.05) is 12.8 Å². The van der Waals surface area contributed by atoms with Crippen LogP contribution in [-0.4, -0.2) is 38.2 Å². The molecule has 0 bridgehead atoms. The standard InChI is InChI=1S/C14H19NO5S/c1-9-7-11(21(3,19)20)8-12(10(9)2)14(18)15-6-4-5-13(16)17/h7-8H,4-6H2,1-3H3,(H,15,18)(H,16,17). The number of aryl methyl sites for hydroxylation is 1. The van der Waals surface area contributed by atoms with Crippen molar-refractivity contribution >= 4 is 21.7 Å². The SMILES string of the molecule is Cc1cc(S(C)(=O)=O)cc(C(=O)NCCCC(=O)O)c1C. The topological polar surface area (TPSA) is 101 Å². The molecule has 0 unspecified atom stereocenters. The highest BCUT2D eigenvalue weighted by atomic mass is 32.2. The number of benzene rings is 1. The lowest BCUT2D eigenvalue weighted by atomic mass is 10.0. The lowest BCUT2D eigenvalue weighted by Gasteiger charge is -2.11. The summed E-state index contributed by atoms with van der Waals surface area (Å²) in [6.07, 6.45) is 1.39. The molecule has 0 fully saturated rings. The number of rotatable bonds is 6. The number of carboxylic acids is 1. The van der Waals surface area contributed by atoms with E-state index in [-0.39, 0.29) is 17.9 Å². The predicted octanol–water partition coefficient (Wildman–Crippen LogP) is 1.30. The largest absolute Gasteiger partial charge is 0.481 e. The summed E-state index contributed by atoms with van der Waals surface area (Å²) in [6.45, 7) is 3.71. The fourth-order valence-electron chi connectivity index (χ4n) is 1.81. The van der Waals surface area contributed by atoms with Crippen molar-refractivity contribution in [1.82, 2.24) is 5.32 Å². The van der Waals surface area contributed by atoms with E-state index < -0.39 is 21.7 Å². The zero-order chi connectivity index (χ0) is 16.2. The van der Waals surface area contributed by atoms with Crippen LogP contribution >= 0.6 is 0 Å². The van der Waals surface area contributed by atoms with E-state index >= 15 is 0 Å². The summed E-state index contributed by atoms with van der Waals surface area (Å²) in [4.78, 5) is 22.6. The minimum Gasteiger partial charge on any atom is -0.481 e. The highest BCUT2D eigenvalue weighted by Gasteiger charge is 2.16. The summed E-state index contributed by atoms with van der Waals surface area (Å²) in [5.41, 5.74) is 1.72. The van der Waals surface area contributed by atoms with Gasteiger partial charge in [0.05, 0.1) is 4.90 Å². The van der Waals surface area contributed by atoms with Gasteiger partial charge in [-0.1, -0.05) is 0 Å². The van der Waals surface area contributed by atoms with Gasteiger partial charge in [0.1, 0.15) is 0 Å². The van der Waals surface area contributed by atoms with Crippen LogP contribution in [0.4, 0.5) is 0 Å². The monoisotopic (exact) mass is 313 g/mol. The van der Waals surface area contributed by atoms with Gasteiger partial charge in [-0.05, 0) is 43.5 Å². The second-order valence-electron chi connectivity index (χ2n) is 4.94. The number of nitrogens with one attached hydrogen (secondary N) is 1. The summed E-state index contributed by atoms with van der Waals surface area (Å²) in [5, 5.41) is 11.1. The first kappa shape index (κ1) is 17.2. The number of aliphatic carboxylic acids is 1. The molecule has 1 aromatic carbocycles. The molecule has 1 amide bonds. The predicted molar refractivity (Wildman–Crippen MR) is 78.2 cm³/mol. The molecule has 116 valence electrons. The van der Waals surface area contributed by atoms with Crippen LogP contribution in [-0.2, 0) is 14.6 Å². The molecule has 0 radical (unpaired) electrons. The Bertz CT molecular complexity index is 664. The van der Waals surface area contributed by atoms with E-state index in [1.807, 2.05) is 0 Å². The molecular formula is C14H19NO5S. The summed E-state index contributed by atoms with van der Waals surface area (Å²) >= 11 is 0. The van der Waals surface area contributed by atoms with Gasteiger partial charge in [-0.2, -0.15) is 0 Å². The first-order valence-corrected chi connectivity index (χ1v) is 8.33.